The van der Waals surface area contributed by atoms with Crippen molar-refractivity contribution >= 4 is 17.3 Å². The van der Waals surface area contributed by atoms with Gasteiger partial charge in [-0.25, -0.2) is 8.78 Å². The van der Waals surface area contributed by atoms with Gasteiger partial charge in [-0.05, 0) is 61.6 Å². The van der Waals surface area contributed by atoms with Crippen LogP contribution in [-0.4, -0.2) is 38.8 Å². The fraction of sp³-hybridized carbons (Fsp3) is 0.440. The van der Waals surface area contributed by atoms with Gasteiger partial charge in [0.15, 0.2) is 11.6 Å². The summed E-state index contributed by atoms with van der Waals surface area (Å²) in [6.07, 6.45) is -1.69. The minimum atomic E-state index is -5.10. The van der Waals surface area contributed by atoms with E-state index in [2.05, 4.69) is 19.7 Å². The van der Waals surface area contributed by atoms with Gasteiger partial charge >= 0.3 is 6.18 Å². The first-order valence-corrected chi connectivity index (χ1v) is 12.4. The van der Waals surface area contributed by atoms with Gasteiger partial charge in [-0.15, -0.1) is 10.2 Å². The number of hydrogen-bond donors (Lipinski definition) is 0. The minimum absolute atomic E-state index is 0.0101. The van der Waals surface area contributed by atoms with Crippen LogP contribution in [0.25, 0.3) is 5.69 Å². The van der Waals surface area contributed by atoms with Crippen LogP contribution in [-0.2, 0) is 19.3 Å². The summed E-state index contributed by atoms with van der Waals surface area (Å²) in [5, 5.41) is 9.71. The number of hydrogen-bond acceptors (Lipinski definition) is 4. The van der Waals surface area contributed by atoms with Gasteiger partial charge in [-0.2, -0.15) is 13.2 Å². The zero-order valence-electron chi connectivity index (χ0n) is 19.2. The van der Waals surface area contributed by atoms with Crippen LogP contribution in [0.2, 0.25) is 5.02 Å². The van der Waals surface area contributed by atoms with Crippen LogP contribution in [0.5, 0.6) is 0 Å². The van der Waals surface area contributed by atoms with Crippen molar-refractivity contribution in [1.82, 2.24) is 19.7 Å². The van der Waals surface area contributed by atoms with Gasteiger partial charge in [0.1, 0.15) is 17.2 Å². The van der Waals surface area contributed by atoms with E-state index in [1.807, 2.05) is 18.2 Å². The van der Waals surface area contributed by atoms with Crippen LogP contribution in [0.4, 0.5) is 27.6 Å². The molecular weight excluding hydrogens is 501 g/mol. The number of piperidine rings is 1. The molecule has 1 aromatic heterocycles. The maximum atomic E-state index is 14.7. The SMILES string of the molecule is Fc1ccc(N2CCC(c3nnc4n3-c3ccc(Cl)cc3CN(C3CC3)C4)CC2)c(F)c1C(F)(F)F. The molecule has 0 N–H and O–H groups in total. The molecule has 2 fully saturated rings. The van der Waals surface area contributed by atoms with E-state index in [9.17, 15) is 22.0 Å². The molecule has 11 heteroatoms. The molecular formula is C25H23ClF5N5. The van der Waals surface area contributed by atoms with Crippen LogP contribution in [0.15, 0.2) is 30.3 Å². The number of rotatable bonds is 3. The number of alkyl halides is 3. The Hall–Kier alpha value is -2.72. The fourth-order valence-corrected chi connectivity index (χ4v) is 5.63. The highest BCUT2D eigenvalue weighted by Gasteiger charge is 2.40. The quantitative estimate of drug-likeness (QED) is 0.390. The molecule has 36 heavy (non-hydrogen) atoms. The average Bonchev–Trinajstić information content (AvgIpc) is 3.61. The third kappa shape index (κ3) is 4.14. The summed E-state index contributed by atoms with van der Waals surface area (Å²) in [6, 6.07) is 8.09. The predicted octanol–water partition coefficient (Wildman–Crippen LogP) is 6.08. The molecule has 2 aromatic carbocycles. The van der Waals surface area contributed by atoms with Crippen LogP contribution in [0.1, 0.15) is 54.4 Å². The highest BCUT2D eigenvalue weighted by molar-refractivity contribution is 6.30. The van der Waals surface area contributed by atoms with Gasteiger partial charge in [0, 0.05) is 36.6 Å². The molecule has 3 aromatic rings. The molecule has 190 valence electrons. The first-order chi connectivity index (χ1) is 17.2. The Morgan fingerprint density at radius 1 is 0.889 bits per heavy atom. The number of fused-ring (bicyclic) bond motifs is 3. The van der Waals surface area contributed by atoms with Crippen LogP contribution in [0.3, 0.4) is 0 Å². The Morgan fingerprint density at radius 3 is 2.31 bits per heavy atom. The maximum absolute atomic E-state index is 14.7. The molecule has 2 aliphatic heterocycles. The molecule has 1 saturated heterocycles. The molecule has 0 spiro atoms. The Kier molecular flexibility index (Phi) is 5.71. The topological polar surface area (TPSA) is 37.2 Å². The Labute approximate surface area is 209 Å². The smallest absolute Gasteiger partial charge is 0.369 e. The lowest BCUT2D eigenvalue weighted by Crippen LogP contribution is -2.34. The summed E-state index contributed by atoms with van der Waals surface area (Å²) in [7, 11) is 0. The second-order valence-electron chi connectivity index (χ2n) is 9.73. The molecule has 0 radical (unpaired) electrons. The number of anilines is 1. The molecule has 3 aliphatic rings. The summed E-state index contributed by atoms with van der Waals surface area (Å²) in [6.45, 7) is 2.07. The summed E-state index contributed by atoms with van der Waals surface area (Å²) < 4.78 is 70.2. The molecule has 3 heterocycles. The number of benzene rings is 2. The first-order valence-electron chi connectivity index (χ1n) is 12.0. The van der Waals surface area contributed by atoms with Crippen LogP contribution >= 0.6 is 11.6 Å². The third-order valence-electron chi connectivity index (χ3n) is 7.37. The van der Waals surface area contributed by atoms with E-state index in [-0.39, 0.29) is 11.6 Å². The van der Waals surface area contributed by atoms with Crippen LogP contribution < -0.4 is 4.90 Å². The van der Waals surface area contributed by atoms with E-state index in [1.165, 1.54) is 0 Å². The number of halogens is 6. The maximum Gasteiger partial charge on any atom is 0.422 e. The molecule has 0 atom stereocenters. The number of nitrogens with zero attached hydrogens (tertiary/aromatic N) is 5. The second kappa shape index (κ2) is 8.69. The third-order valence-corrected chi connectivity index (χ3v) is 7.61. The number of aromatic nitrogens is 3. The summed E-state index contributed by atoms with van der Waals surface area (Å²) in [5.41, 5.74) is 0.00164. The van der Waals surface area contributed by atoms with Gasteiger partial charge < -0.3 is 4.90 Å². The molecule has 0 bridgehead atoms. The van der Waals surface area contributed by atoms with E-state index in [4.69, 9.17) is 11.6 Å². The van der Waals surface area contributed by atoms with Gasteiger partial charge in [-0.1, -0.05) is 11.6 Å². The molecule has 5 nitrogen and oxygen atoms in total. The molecule has 0 amide bonds. The highest BCUT2D eigenvalue weighted by Crippen LogP contribution is 2.40. The predicted molar refractivity (Wildman–Crippen MR) is 124 cm³/mol. The van der Waals surface area contributed by atoms with Crippen molar-refractivity contribution in [2.75, 3.05) is 18.0 Å². The lowest BCUT2D eigenvalue weighted by Gasteiger charge is -2.34. The first kappa shape index (κ1) is 23.7. The van der Waals surface area contributed by atoms with Gasteiger partial charge in [0.2, 0.25) is 0 Å². The van der Waals surface area contributed by atoms with Gasteiger partial charge in [-0.3, -0.25) is 9.47 Å². The zero-order chi connectivity index (χ0) is 25.2. The Balaban J connectivity index is 1.28. The summed E-state index contributed by atoms with van der Waals surface area (Å²) >= 11 is 6.31. The van der Waals surface area contributed by atoms with Gasteiger partial charge in [0.05, 0.1) is 17.9 Å². The van der Waals surface area contributed by atoms with Crippen molar-refractivity contribution in [2.24, 2.45) is 0 Å². The van der Waals surface area contributed by atoms with Crippen molar-refractivity contribution < 1.29 is 22.0 Å². The average molecular weight is 524 g/mol. The van der Waals surface area contributed by atoms with Crippen molar-refractivity contribution in [3.63, 3.8) is 0 Å². The second-order valence-corrected chi connectivity index (χ2v) is 10.2. The lowest BCUT2D eigenvalue weighted by atomic mass is 9.95. The minimum Gasteiger partial charge on any atom is -0.369 e. The van der Waals surface area contributed by atoms with E-state index in [1.54, 1.807) is 4.90 Å². The standard InChI is InChI=1S/C25H23ClF5N5/c26-16-1-5-19-15(11-16)12-35(17-2-3-17)13-21-32-33-24(36(19)21)14-7-9-34(10-8-14)20-6-4-18(27)22(23(20)28)25(29,30)31/h1,4-6,11,14,17H,2-3,7-10,12-13H2. The van der Waals surface area contributed by atoms with Gasteiger partial charge in [0.25, 0.3) is 0 Å². The molecule has 0 unspecified atom stereocenters. The van der Waals surface area contributed by atoms with E-state index < -0.39 is 23.4 Å². The normalized spacial score (nSPS) is 19.2. The summed E-state index contributed by atoms with van der Waals surface area (Å²) in [4.78, 5) is 3.94. The summed E-state index contributed by atoms with van der Waals surface area (Å²) in [5.74, 6) is -1.54. The Bertz CT molecular complexity index is 1310. The van der Waals surface area contributed by atoms with E-state index in [0.29, 0.717) is 49.6 Å². The molecule has 1 aliphatic carbocycles. The highest BCUT2D eigenvalue weighted by atomic mass is 35.5. The van der Waals surface area contributed by atoms with Crippen LogP contribution in [0, 0.1) is 11.6 Å². The zero-order valence-corrected chi connectivity index (χ0v) is 20.0. The van der Waals surface area contributed by atoms with Crippen molar-refractivity contribution in [2.45, 2.75) is 56.9 Å². The van der Waals surface area contributed by atoms with Crippen molar-refractivity contribution in [1.29, 1.82) is 0 Å². The fourth-order valence-electron chi connectivity index (χ4n) is 5.44. The van der Waals surface area contributed by atoms with E-state index in [0.717, 1.165) is 48.4 Å². The van der Waals surface area contributed by atoms with Crippen molar-refractivity contribution in [3.8, 4) is 5.69 Å². The lowest BCUT2D eigenvalue weighted by molar-refractivity contribution is -0.142. The molecule has 6 rings (SSSR count). The largest absolute Gasteiger partial charge is 0.422 e. The van der Waals surface area contributed by atoms with Crippen molar-refractivity contribution in [3.05, 3.63) is 69.8 Å². The van der Waals surface area contributed by atoms with E-state index >= 15 is 0 Å². The molecule has 1 saturated carbocycles. The Morgan fingerprint density at radius 2 is 1.61 bits per heavy atom. The monoisotopic (exact) mass is 523 g/mol.